The van der Waals surface area contributed by atoms with Gasteiger partial charge >= 0.3 is 0 Å². The first-order chi connectivity index (χ1) is 15.7. The van der Waals surface area contributed by atoms with Crippen LogP contribution in [0.2, 0.25) is 0 Å². The number of hydrogen-bond acceptors (Lipinski definition) is 4. The molecule has 4 nitrogen and oxygen atoms in total. The Morgan fingerprint density at radius 1 is 1.09 bits per heavy atom. The van der Waals surface area contributed by atoms with Crippen molar-refractivity contribution < 1.29 is 13.0 Å². The van der Waals surface area contributed by atoms with Crippen molar-refractivity contribution in [1.29, 1.82) is 5.26 Å². The summed E-state index contributed by atoms with van der Waals surface area (Å²) in [7, 11) is -1.53. The van der Waals surface area contributed by atoms with Gasteiger partial charge in [-0.3, -0.25) is 0 Å². The fourth-order valence-electron chi connectivity index (χ4n) is 3.88. The molecule has 1 heterocycles. The van der Waals surface area contributed by atoms with Crippen molar-refractivity contribution in [1.82, 2.24) is 9.71 Å². The number of fused-ring (bicyclic) bond motifs is 1. The highest BCUT2D eigenvalue weighted by Crippen LogP contribution is 2.37. The van der Waals surface area contributed by atoms with E-state index < -0.39 is 38.3 Å². The molecule has 3 atom stereocenters. The van der Waals surface area contributed by atoms with E-state index in [0.717, 1.165) is 39.0 Å². The monoisotopic (exact) mass is 503 g/mol. The molecule has 0 aliphatic heterocycles. The molecule has 2 aromatic carbocycles. The van der Waals surface area contributed by atoms with Gasteiger partial charge in [0.05, 0.1) is 48.0 Å². The minimum Gasteiger partial charge on any atom is -0.242 e. The lowest BCUT2D eigenvalue weighted by atomic mass is 9.76. The predicted molar refractivity (Wildman–Crippen MR) is 136 cm³/mol. The molecule has 8 heteroatoms. The molecular weight excluding hydrogens is 472 g/mol. The lowest BCUT2D eigenvalue weighted by Gasteiger charge is -2.36. The Hall–Kier alpha value is -2.21. The van der Waals surface area contributed by atoms with Crippen molar-refractivity contribution in [2.24, 2.45) is 5.41 Å². The maximum absolute atomic E-state index is 14.8. The molecule has 1 aromatic heterocycles. The third-order valence-corrected chi connectivity index (χ3v) is 8.70. The van der Waals surface area contributed by atoms with E-state index in [-0.39, 0.29) is 12.0 Å². The zero-order valence-corrected chi connectivity index (χ0v) is 22.1. The van der Waals surface area contributed by atoms with Gasteiger partial charge in [-0.05, 0) is 96.7 Å². The number of nitrogens with one attached hydrogen (secondary N) is 1. The molecule has 0 amide bonds. The highest BCUT2D eigenvalue weighted by Gasteiger charge is 2.37. The largest absolute Gasteiger partial charge is 0.242 e. The highest BCUT2D eigenvalue weighted by atomic mass is 32.2. The summed E-state index contributed by atoms with van der Waals surface area (Å²) in [6.45, 7) is 11.0. The quantitative estimate of drug-likeness (QED) is 0.372. The highest BCUT2D eigenvalue weighted by molar-refractivity contribution is 7.84. The standard InChI is InChI=1S/C26H31F2N3OS2/c1-17-30-22-13-18(7-10-23(22)33-17)15-25(5,16-29)11-12-26(6,31-34(32)24(2,3)4)20-14-19(27)8-9-21(20)28/h7-10,13-14,31H,11-12,15H2,1-6H3/t25?,26-,34+/m0/s1. The number of aromatic nitrogens is 1. The van der Waals surface area contributed by atoms with Crippen molar-refractivity contribution in [2.45, 2.75) is 71.1 Å². The fourth-order valence-corrected chi connectivity index (χ4v) is 5.61. The van der Waals surface area contributed by atoms with E-state index in [1.807, 2.05) is 52.8 Å². The minimum atomic E-state index is -1.53. The summed E-state index contributed by atoms with van der Waals surface area (Å²) in [5.74, 6) is -1.15. The van der Waals surface area contributed by atoms with Crippen molar-refractivity contribution in [3.63, 3.8) is 0 Å². The smallest absolute Gasteiger partial charge is 0.128 e. The molecule has 0 aliphatic carbocycles. The van der Waals surface area contributed by atoms with E-state index >= 15 is 0 Å². The molecule has 0 saturated heterocycles. The van der Waals surface area contributed by atoms with Crippen LogP contribution in [0, 0.1) is 35.3 Å². The van der Waals surface area contributed by atoms with Gasteiger partial charge in [-0.15, -0.1) is 11.3 Å². The molecule has 34 heavy (non-hydrogen) atoms. The zero-order chi connectivity index (χ0) is 25.3. The first-order valence-corrected chi connectivity index (χ1v) is 13.1. The van der Waals surface area contributed by atoms with Crippen LogP contribution in [0.4, 0.5) is 8.78 Å². The van der Waals surface area contributed by atoms with Crippen LogP contribution in [-0.2, 0) is 22.9 Å². The summed E-state index contributed by atoms with van der Waals surface area (Å²) in [5, 5.41) is 11.1. The van der Waals surface area contributed by atoms with E-state index in [2.05, 4.69) is 15.8 Å². The number of rotatable bonds is 8. The van der Waals surface area contributed by atoms with Crippen molar-refractivity contribution in [2.75, 3.05) is 0 Å². The van der Waals surface area contributed by atoms with Crippen LogP contribution in [0.1, 0.15) is 63.6 Å². The lowest BCUT2D eigenvalue weighted by molar-refractivity contribution is 0.300. The molecule has 1 N–H and O–H groups in total. The maximum Gasteiger partial charge on any atom is 0.128 e. The lowest BCUT2D eigenvalue weighted by Crippen LogP contribution is -2.47. The van der Waals surface area contributed by atoms with Crippen LogP contribution in [0.15, 0.2) is 36.4 Å². The fraction of sp³-hybridized carbons (Fsp3) is 0.462. The van der Waals surface area contributed by atoms with E-state index in [0.29, 0.717) is 12.8 Å². The second-order valence-electron chi connectivity index (χ2n) is 10.3. The predicted octanol–water partition coefficient (Wildman–Crippen LogP) is 6.70. The van der Waals surface area contributed by atoms with Crippen LogP contribution < -0.4 is 4.72 Å². The number of thiazole rings is 1. The second-order valence-corrected chi connectivity index (χ2v) is 13.5. The van der Waals surface area contributed by atoms with Crippen molar-refractivity contribution in [3.8, 4) is 6.07 Å². The molecule has 0 saturated carbocycles. The summed E-state index contributed by atoms with van der Waals surface area (Å²) < 4.78 is 45.4. The Morgan fingerprint density at radius 2 is 1.79 bits per heavy atom. The van der Waals surface area contributed by atoms with Gasteiger partial charge in [-0.25, -0.2) is 22.7 Å². The van der Waals surface area contributed by atoms with E-state index in [9.17, 15) is 18.3 Å². The molecular formula is C26H31F2N3OS2. The molecule has 0 radical (unpaired) electrons. The van der Waals surface area contributed by atoms with Gasteiger partial charge in [-0.2, -0.15) is 5.26 Å². The Kier molecular flexibility index (Phi) is 7.61. The zero-order valence-electron chi connectivity index (χ0n) is 20.5. The molecule has 0 aliphatic rings. The average molecular weight is 504 g/mol. The van der Waals surface area contributed by atoms with Crippen LogP contribution in [0.25, 0.3) is 10.2 Å². The third-order valence-electron chi connectivity index (χ3n) is 6.00. The van der Waals surface area contributed by atoms with E-state index in [1.165, 1.54) is 0 Å². The maximum atomic E-state index is 14.8. The first-order valence-electron chi connectivity index (χ1n) is 11.2. The molecule has 1 unspecified atom stereocenters. The summed E-state index contributed by atoms with van der Waals surface area (Å²) in [6.07, 6.45) is 1.16. The van der Waals surface area contributed by atoms with Gasteiger partial charge in [0.2, 0.25) is 0 Å². The summed E-state index contributed by atoms with van der Waals surface area (Å²) in [5.41, 5.74) is 0.0957. The molecule has 0 bridgehead atoms. The number of benzene rings is 2. The Balaban J connectivity index is 1.90. The summed E-state index contributed by atoms with van der Waals surface area (Å²) in [6, 6.07) is 11.8. The number of hydrogen-bond donors (Lipinski definition) is 1. The topological polar surface area (TPSA) is 65.8 Å². The number of halogens is 2. The average Bonchev–Trinajstić information content (AvgIpc) is 3.12. The van der Waals surface area contributed by atoms with Gasteiger partial charge in [-0.1, -0.05) is 6.07 Å². The third kappa shape index (κ3) is 6.07. The Bertz CT molecular complexity index is 1260. The second kappa shape index (κ2) is 9.80. The van der Waals surface area contributed by atoms with Crippen LogP contribution in [-0.4, -0.2) is 13.9 Å². The SMILES string of the molecule is Cc1nc2cc(CC(C)(C#N)CC[C@](C)(N[S@](=O)C(C)(C)C)c3cc(F)ccc3F)ccc2s1. The number of nitriles is 1. The number of nitrogens with zero attached hydrogens (tertiary/aromatic N) is 2. The Labute approximate surface area is 207 Å². The normalized spacial score (nSPS) is 16.6. The van der Waals surface area contributed by atoms with Crippen molar-refractivity contribution >= 4 is 32.5 Å². The molecule has 0 spiro atoms. The van der Waals surface area contributed by atoms with Gasteiger partial charge in [0, 0.05) is 5.56 Å². The Morgan fingerprint density at radius 3 is 2.44 bits per heavy atom. The first kappa shape index (κ1) is 26.4. The van der Waals surface area contributed by atoms with Crippen LogP contribution in [0.3, 0.4) is 0 Å². The van der Waals surface area contributed by atoms with Gasteiger partial charge in [0.1, 0.15) is 11.6 Å². The van der Waals surface area contributed by atoms with E-state index in [1.54, 1.807) is 18.3 Å². The van der Waals surface area contributed by atoms with Crippen molar-refractivity contribution in [3.05, 3.63) is 64.2 Å². The van der Waals surface area contributed by atoms with Crippen LogP contribution >= 0.6 is 11.3 Å². The molecule has 182 valence electrons. The summed E-state index contributed by atoms with van der Waals surface area (Å²) >= 11 is 1.63. The van der Waals surface area contributed by atoms with Gasteiger partial charge < -0.3 is 0 Å². The molecule has 0 fully saturated rings. The minimum absolute atomic E-state index is 0.102. The van der Waals surface area contributed by atoms with Gasteiger partial charge in [0.15, 0.2) is 0 Å². The van der Waals surface area contributed by atoms with Crippen LogP contribution in [0.5, 0.6) is 0 Å². The number of aryl methyl sites for hydroxylation is 1. The molecule has 3 aromatic rings. The molecule has 3 rings (SSSR count). The van der Waals surface area contributed by atoms with Gasteiger partial charge in [0.25, 0.3) is 0 Å². The van der Waals surface area contributed by atoms with E-state index in [4.69, 9.17) is 0 Å². The summed E-state index contributed by atoms with van der Waals surface area (Å²) in [4.78, 5) is 4.54.